The molecule has 0 heterocycles. The smallest absolute Gasteiger partial charge is 0.296 e. The summed E-state index contributed by atoms with van der Waals surface area (Å²) in [6.07, 6.45) is -4.83. The second-order valence-electron chi connectivity index (χ2n) is 4.15. The molecule has 1 rings (SSSR count). The van der Waals surface area contributed by atoms with Gasteiger partial charge < -0.3 is 0 Å². The van der Waals surface area contributed by atoms with Gasteiger partial charge in [0.1, 0.15) is 0 Å². The molecule has 4 nitrogen and oxygen atoms in total. The van der Waals surface area contributed by atoms with Crippen molar-refractivity contribution in [3.05, 3.63) is 46.0 Å². The fraction of sp³-hybridized carbons (Fsp3) is 0.500. The van der Waals surface area contributed by atoms with Crippen LogP contribution in [0.5, 0.6) is 0 Å². The zero-order chi connectivity index (χ0) is 14.5. The molecule has 0 saturated carbocycles. The molecule has 0 fully saturated rings. The lowest BCUT2D eigenvalue weighted by molar-refractivity contribution is -0.535. The molecule has 1 N–H and O–H groups in total. The summed E-state index contributed by atoms with van der Waals surface area (Å²) in [6, 6.07) is 4.64. The van der Waals surface area contributed by atoms with E-state index in [1.54, 1.807) is 30.3 Å². The Bertz CT molecular complexity index is 409. The van der Waals surface area contributed by atoms with E-state index in [0.717, 1.165) is 0 Å². The summed E-state index contributed by atoms with van der Waals surface area (Å²) in [5.74, 6) is 0. The van der Waals surface area contributed by atoms with Crippen LogP contribution in [-0.4, -0.2) is 23.2 Å². The zero-order valence-corrected chi connectivity index (χ0v) is 10.4. The Morgan fingerprint density at radius 3 is 2.32 bits per heavy atom. The van der Waals surface area contributed by atoms with Gasteiger partial charge in [-0.1, -0.05) is 37.3 Å². The van der Waals surface area contributed by atoms with E-state index in [2.05, 4.69) is 5.32 Å². The molecule has 0 aromatic heterocycles. The lowest BCUT2D eigenvalue weighted by Gasteiger charge is -2.23. The summed E-state index contributed by atoms with van der Waals surface area (Å²) in [5, 5.41) is 12.9. The van der Waals surface area contributed by atoms with E-state index >= 15 is 0 Å². The van der Waals surface area contributed by atoms with Gasteiger partial charge in [0, 0.05) is 17.9 Å². The lowest BCUT2D eigenvalue weighted by Crippen LogP contribution is -2.52. The summed E-state index contributed by atoms with van der Waals surface area (Å²) >= 11 is 0. The molecule has 0 radical (unpaired) electrons. The number of nitrogens with zero attached hydrogens (tertiary/aromatic N) is 1. The largest absolute Gasteiger partial charge is 0.410 e. The molecule has 1 aromatic carbocycles. The van der Waals surface area contributed by atoms with Crippen LogP contribution in [0.1, 0.15) is 18.9 Å². The van der Waals surface area contributed by atoms with Gasteiger partial charge in [-0.15, -0.1) is 0 Å². The quantitative estimate of drug-likeness (QED) is 0.642. The van der Waals surface area contributed by atoms with Crippen molar-refractivity contribution < 1.29 is 18.1 Å². The Labute approximate surface area is 108 Å². The van der Waals surface area contributed by atoms with Crippen LogP contribution in [-0.2, 0) is 6.54 Å². The van der Waals surface area contributed by atoms with Crippen LogP contribution in [0.3, 0.4) is 0 Å². The maximum atomic E-state index is 12.9. The van der Waals surface area contributed by atoms with Gasteiger partial charge in [-0.05, 0) is 5.56 Å². The molecule has 0 aliphatic carbocycles. The molecule has 2 atom stereocenters. The molecule has 0 aliphatic rings. The van der Waals surface area contributed by atoms with E-state index in [4.69, 9.17) is 0 Å². The predicted molar refractivity (Wildman–Crippen MR) is 64.2 cm³/mol. The minimum absolute atomic E-state index is 0.0602. The van der Waals surface area contributed by atoms with Crippen molar-refractivity contribution in [2.24, 2.45) is 0 Å². The molecule has 0 spiro atoms. The summed E-state index contributed by atoms with van der Waals surface area (Å²) in [7, 11) is 0. The number of alkyl halides is 3. The SMILES string of the molecule is CC[C@@H]([C@H](NCc1ccccc1)C(F)(F)F)[N+](=O)[O-]. The molecular weight excluding hydrogens is 261 g/mol. The van der Waals surface area contributed by atoms with Crippen LogP contribution in [0.2, 0.25) is 0 Å². The number of hydrogen-bond acceptors (Lipinski definition) is 3. The molecule has 19 heavy (non-hydrogen) atoms. The highest BCUT2D eigenvalue weighted by Gasteiger charge is 2.49. The molecule has 0 unspecified atom stereocenters. The van der Waals surface area contributed by atoms with Crippen molar-refractivity contribution in [2.75, 3.05) is 0 Å². The van der Waals surface area contributed by atoms with E-state index in [-0.39, 0.29) is 13.0 Å². The predicted octanol–water partition coefficient (Wildman–Crippen LogP) is 2.76. The van der Waals surface area contributed by atoms with Crippen LogP contribution in [0.25, 0.3) is 0 Å². The number of benzene rings is 1. The maximum absolute atomic E-state index is 12.9. The van der Waals surface area contributed by atoms with Crippen LogP contribution in [0.4, 0.5) is 13.2 Å². The minimum atomic E-state index is -4.65. The second kappa shape index (κ2) is 6.51. The summed E-state index contributed by atoms with van der Waals surface area (Å²) in [5.41, 5.74) is 0.648. The van der Waals surface area contributed by atoms with E-state index in [1.165, 1.54) is 6.92 Å². The molecular formula is C12H15F3N2O2. The Kier molecular flexibility index (Phi) is 5.29. The first-order valence-corrected chi connectivity index (χ1v) is 5.83. The van der Waals surface area contributed by atoms with Gasteiger partial charge in [0.15, 0.2) is 6.04 Å². The van der Waals surface area contributed by atoms with Crippen molar-refractivity contribution in [1.82, 2.24) is 5.32 Å². The van der Waals surface area contributed by atoms with Crippen LogP contribution in [0.15, 0.2) is 30.3 Å². The molecule has 0 aliphatic heterocycles. The van der Waals surface area contributed by atoms with Crippen molar-refractivity contribution >= 4 is 0 Å². The average Bonchev–Trinajstić information content (AvgIpc) is 2.33. The third kappa shape index (κ3) is 4.51. The third-order valence-electron chi connectivity index (χ3n) is 2.80. The Morgan fingerprint density at radius 1 is 1.32 bits per heavy atom. The molecule has 1 aromatic rings. The monoisotopic (exact) mass is 276 g/mol. The van der Waals surface area contributed by atoms with Crippen LogP contribution < -0.4 is 5.32 Å². The van der Waals surface area contributed by atoms with E-state index < -0.39 is 23.2 Å². The second-order valence-corrected chi connectivity index (χ2v) is 4.15. The van der Waals surface area contributed by atoms with Gasteiger partial charge >= 0.3 is 6.18 Å². The van der Waals surface area contributed by atoms with Crippen LogP contribution in [0, 0.1) is 10.1 Å². The highest BCUT2D eigenvalue weighted by molar-refractivity contribution is 5.14. The Morgan fingerprint density at radius 2 is 1.89 bits per heavy atom. The van der Waals surface area contributed by atoms with E-state index in [9.17, 15) is 23.3 Å². The number of nitrogens with one attached hydrogen (secondary N) is 1. The lowest BCUT2D eigenvalue weighted by atomic mass is 10.1. The van der Waals surface area contributed by atoms with E-state index in [1.807, 2.05) is 0 Å². The fourth-order valence-electron chi connectivity index (χ4n) is 1.80. The molecule has 7 heteroatoms. The standard InChI is InChI=1S/C12H15F3N2O2/c1-2-10(17(18)19)11(12(13,14)15)16-8-9-6-4-3-5-7-9/h3-7,10-11,16H,2,8H2,1H3/t10-,11-/m0/s1. The average molecular weight is 276 g/mol. The number of hydrogen-bond donors (Lipinski definition) is 1. The van der Waals surface area contributed by atoms with Gasteiger partial charge in [-0.2, -0.15) is 13.2 Å². The highest BCUT2D eigenvalue weighted by Crippen LogP contribution is 2.25. The Balaban J connectivity index is 2.79. The normalized spacial score (nSPS) is 14.9. The topological polar surface area (TPSA) is 55.2 Å². The molecule has 0 saturated heterocycles. The summed E-state index contributed by atoms with van der Waals surface area (Å²) < 4.78 is 38.6. The van der Waals surface area contributed by atoms with Gasteiger partial charge in [-0.3, -0.25) is 15.4 Å². The number of halogens is 3. The minimum Gasteiger partial charge on any atom is -0.296 e. The van der Waals surface area contributed by atoms with E-state index in [0.29, 0.717) is 5.56 Å². The molecule has 0 amide bonds. The number of rotatable bonds is 6. The Hall–Kier alpha value is -1.63. The fourth-order valence-corrected chi connectivity index (χ4v) is 1.80. The number of nitro groups is 1. The van der Waals surface area contributed by atoms with Gasteiger partial charge in [-0.25, -0.2) is 0 Å². The van der Waals surface area contributed by atoms with Gasteiger partial charge in [0.25, 0.3) is 0 Å². The van der Waals surface area contributed by atoms with Gasteiger partial charge in [0.2, 0.25) is 6.04 Å². The van der Waals surface area contributed by atoms with Gasteiger partial charge in [0.05, 0.1) is 0 Å². The third-order valence-corrected chi connectivity index (χ3v) is 2.80. The highest BCUT2D eigenvalue weighted by atomic mass is 19.4. The zero-order valence-electron chi connectivity index (χ0n) is 10.4. The van der Waals surface area contributed by atoms with Crippen molar-refractivity contribution in [2.45, 2.75) is 38.1 Å². The molecule has 0 bridgehead atoms. The summed E-state index contributed by atoms with van der Waals surface area (Å²) in [6.45, 7) is 1.31. The first-order valence-electron chi connectivity index (χ1n) is 5.83. The van der Waals surface area contributed by atoms with Crippen LogP contribution >= 0.6 is 0 Å². The maximum Gasteiger partial charge on any atom is 0.410 e. The molecule has 106 valence electrons. The van der Waals surface area contributed by atoms with Crippen molar-refractivity contribution in [1.29, 1.82) is 0 Å². The van der Waals surface area contributed by atoms with Crippen molar-refractivity contribution in [3.63, 3.8) is 0 Å². The first kappa shape index (κ1) is 15.4. The van der Waals surface area contributed by atoms with Crippen molar-refractivity contribution in [3.8, 4) is 0 Å². The summed E-state index contributed by atoms with van der Waals surface area (Å²) in [4.78, 5) is 9.82. The first-order chi connectivity index (χ1) is 8.86.